The molecule has 3 rings (SSSR count). The molecule has 1 N–H and O–H groups in total. The van der Waals surface area contributed by atoms with Crippen LogP contribution in [-0.4, -0.2) is 24.9 Å². The number of hydrogen-bond donors (Lipinski definition) is 1. The first-order chi connectivity index (χ1) is 8.58. The molecular weight excluding hydrogens is 252 g/mol. The normalized spacial score (nSPS) is 15.4. The van der Waals surface area contributed by atoms with Crippen molar-refractivity contribution < 1.29 is 0 Å². The van der Waals surface area contributed by atoms with Crippen molar-refractivity contribution in [1.82, 2.24) is 19.1 Å². The molecule has 7 heteroatoms. The first kappa shape index (κ1) is 11.6. The van der Waals surface area contributed by atoms with Crippen LogP contribution in [0.5, 0.6) is 0 Å². The van der Waals surface area contributed by atoms with Gasteiger partial charge >= 0.3 is 5.69 Å². The predicted molar refractivity (Wildman–Crippen MR) is 70.0 cm³/mol. The van der Waals surface area contributed by atoms with Crippen LogP contribution in [0.15, 0.2) is 14.7 Å². The van der Waals surface area contributed by atoms with Gasteiger partial charge in [0.25, 0.3) is 5.56 Å². The zero-order chi connectivity index (χ0) is 12.9. The number of aromatic amines is 1. The molecule has 0 saturated heterocycles. The summed E-state index contributed by atoms with van der Waals surface area (Å²) in [7, 11) is 3.10. The van der Waals surface area contributed by atoms with E-state index in [1.54, 1.807) is 18.8 Å². The van der Waals surface area contributed by atoms with Gasteiger partial charge in [0.05, 0.1) is 0 Å². The fourth-order valence-electron chi connectivity index (χ4n) is 1.85. The third-order valence-corrected chi connectivity index (χ3v) is 4.33. The highest BCUT2D eigenvalue weighted by Crippen LogP contribution is 2.34. The fraction of sp³-hybridized carbons (Fsp3) is 0.545. The molecule has 2 aromatic heterocycles. The van der Waals surface area contributed by atoms with Gasteiger partial charge in [0.15, 0.2) is 16.3 Å². The van der Waals surface area contributed by atoms with Gasteiger partial charge < -0.3 is 4.98 Å². The molecule has 2 heterocycles. The lowest BCUT2D eigenvalue weighted by Crippen LogP contribution is -2.36. The molecule has 1 fully saturated rings. The van der Waals surface area contributed by atoms with Gasteiger partial charge in [0, 0.05) is 19.8 Å². The van der Waals surface area contributed by atoms with Gasteiger partial charge in [-0.25, -0.2) is 9.78 Å². The number of fused-ring (bicyclic) bond motifs is 1. The molecule has 0 bridgehead atoms. The number of nitrogens with zero attached hydrogens (tertiary/aromatic N) is 3. The van der Waals surface area contributed by atoms with E-state index in [1.807, 2.05) is 0 Å². The van der Waals surface area contributed by atoms with E-state index in [0.717, 1.165) is 21.4 Å². The molecule has 1 aliphatic carbocycles. The zero-order valence-corrected chi connectivity index (χ0v) is 11.1. The molecule has 6 nitrogen and oxygen atoms in total. The van der Waals surface area contributed by atoms with Crippen LogP contribution in [-0.2, 0) is 14.1 Å². The van der Waals surface area contributed by atoms with Crippen LogP contribution in [0.2, 0.25) is 0 Å². The number of rotatable bonds is 3. The number of hydrogen-bond acceptors (Lipinski definition) is 4. The Balaban J connectivity index is 2.10. The topological polar surface area (TPSA) is 72.7 Å². The summed E-state index contributed by atoms with van der Waals surface area (Å²) in [6.45, 7) is 0. The molecule has 96 valence electrons. The van der Waals surface area contributed by atoms with E-state index in [0.29, 0.717) is 11.2 Å². The average molecular weight is 266 g/mol. The molecule has 1 saturated carbocycles. The van der Waals surface area contributed by atoms with Crippen molar-refractivity contribution in [3.63, 3.8) is 0 Å². The molecule has 0 radical (unpaired) electrons. The van der Waals surface area contributed by atoms with Crippen LogP contribution < -0.4 is 11.2 Å². The highest BCUT2D eigenvalue weighted by atomic mass is 32.2. The summed E-state index contributed by atoms with van der Waals surface area (Å²) in [4.78, 5) is 31.0. The molecule has 0 atom stereocenters. The Hall–Kier alpha value is -1.50. The molecule has 0 amide bonds. The van der Waals surface area contributed by atoms with Crippen LogP contribution in [0.4, 0.5) is 0 Å². The Labute approximate surface area is 107 Å². The van der Waals surface area contributed by atoms with Crippen molar-refractivity contribution in [2.75, 3.05) is 5.75 Å². The summed E-state index contributed by atoms with van der Waals surface area (Å²) in [6, 6.07) is 0. The van der Waals surface area contributed by atoms with E-state index in [-0.39, 0.29) is 11.2 Å². The number of thioether (sulfide) groups is 1. The highest BCUT2D eigenvalue weighted by molar-refractivity contribution is 7.99. The molecular formula is C11H14N4O2S. The number of imidazole rings is 1. The number of aromatic nitrogens is 4. The summed E-state index contributed by atoms with van der Waals surface area (Å²) >= 11 is 1.62. The van der Waals surface area contributed by atoms with Crippen LogP contribution in [0.3, 0.4) is 0 Å². The largest absolute Gasteiger partial charge is 0.332 e. The first-order valence-corrected chi connectivity index (χ1v) is 6.85. The van der Waals surface area contributed by atoms with Gasteiger partial charge in [-0.15, -0.1) is 0 Å². The molecule has 18 heavy (non-hydrogen) atoms. The molecule has 0 aliphatic heterocycles. The van der Waals surface area contributed by atoms with Crippen molar-refractivity contribution in [2.45, 2.75) is 18.0 Å². The van der Waals surface area contributed by atoms with Crippen LogP contribution >= 0.6 is 11.8 Å². The summed E-state index contributed by atoms with van der Waals surface area (Å²) in [5.41, 5.74) is 0.163. The van der Waals surface area contributed by atoms with Gasteiger partial charge in [0.2, 0.25) is 0 Å². The number of nitrogens with one attached hydrogen (secondary N) is 1. The second-order valence-electron chi connectivity index (χ2n) is 4.70. The number of H-pyrrole nitrogens is 1. The number of aryl methyl sites for hydroxylation is 1. The van der Waals surface area contributed by atoms with Gasteiger partial charge in [-0.1, -0.05) is 11.8 Å². The average Bonchev–Trinajstić information content (AvgIpc) is 3.10. The molecule has 0 unspecified atom stereocenters. The molecule has 0 spiro atoms. The van der Waals surface area contributed by atoms with E-state index in [1.165, 1.54) is 24.5 Å². The van der Waals surface area contributed by atoms with Crippen molar-refractivity contribution in [2.24, 2.45) is 20.0 Å². The minimum atomic E-state index is -0.349. The summed E-state index contributed by atoms with van der Waals surface area (Å²) in [5.74, 6) is 1.81. The van der Waals surface area contributed by atoms with Crippen LogP contribution in [0.1, 0.15) is 12.8 Å². The summed E-state index contributed by atoms with van der Waals surface area (Å²) in [5, 5.41) is 0.718. The van der Waals surface area contributed by atoms with Gasteiger partial charge in [-0.3, -0.25) is 13.9 Å². The molecule has 2 aromatic rings. The lowest BCUT2D eigenvalue weighted by atomic mass is 10.5. The monoisotopic (exact) mass is 266 g/mol. The standard InChI is InChI=1S/C11H14N4O2S/c1-14-8-7(9(16)15(2)11(14)17)12-10(13-8)18-5-6-3-4-6/h6H,3-5H2,1-2H3,(H,12,13). The van der Waals surface area contributed by atoms with Crippen molar-refractivity contribution in [3.8, 4) is 0 Å². The Morgan fingerprint density at radius 2 is 2.06 bits per heavy atom. The lowest BCUT2D eigenvalue weighted by molar-refractivity contribution is 0.708. The Bertz CT molecular complexity index is 723. The minimum absolute atomic E-state index is 0.320. The smallest absolute Gasteiger partial charge is 0.327 e. The quantitative estimate of drug-likeness (QED) is 0.819. The summed E-state index contributed by atoms with van der Waals surface area (Å²) < 4.78 is 2.49. The second-order valence-corrected chi connectivity index (χ2v) is 5.71. The van der Waals surface area contributed by atoms with Crippen molar-refractivity contribution in [3.05, 3.63) is 20.8 Å². The highest BCUT2D eigenvalue weighted by Gasteiger charge is 2.22. The Kier molecular flexibility index (Phi) is 2.58. The van der Waals surface area contributed by atoms with E-state index in [4.69, 9.17) is 0 Å². The second kappa shape index (κ2) is 4.01. The van der Waals surface area contributed by atoms with Crippen LogP contribution in [0, 0.1) is 5.92 Å². The van der Waals surface area contributed by atoms with Gasteiger partial charge in [0.1, 0.15) is 0 Å². The molecule has 1 aliphatic rings. The SMILES string of the molecule is Cn1c(=O)c2[nH]c(SCC3CC3)nc2n(C)c1=O. The fourth-order valence-corrected chi connectivity index (χ4v) is 2.91. The van der Waals surface area contributed by atoms with E-state index in [9.17, 15) is 9.59 Å². The maximum atomic E-state index is 11.9. The lowest BCUT2D eigenvalue weighted by Gasteiger charge is -2.00. The summed E-state index contributed by atoms with van der Waals surface area (Å²) in [6.07, 6.45) is 2.57. The third-order valence-electron chi connectivity index (χ3n) is 3.23. The van der Waals surface area contributed by atoms with Gasteiger partial charge in [-0.2, -0.15) is 0 Å². The van der Waals surface area contributed by atoms with E-state index < -0.39 is 0 Å². The molecule has 0 aromatic carbocycles. The van der Waals surface area contributed by atoms with E-state index >= 15 is 0 Å². The zero-order valence-electron chi connectivity index (χ0n) is 10.3. The van der Waals surface area contributed by atoms with Crippen molar-refractivity contribution >= 4 is 22.9 Å². The minimum Gasteiger partial charge on any atom is -0.327 e. The third kappa shape index (κ3) is 1.78. The Morgan fingerprint density at radius 1 is 1.33 bits per heavy atom. The predicted octanol–water partition coefficient (Wildman–Crippen LogP) is 0.462. The maximum Gasteiger partial charge on any atom is 0.332 e. The van der Waals surface area contributed by atoms with Gasteiger partial charge in [-0.05, 0) is 18.8 Å². The Morgan fingerprint density at radius 3 is 2.72 bits per heavy atom. The van der Waals surface area contributed by atoms with Crippen molar-refractivity contribution in [1.29, 1.82) is 0 Å². The van der Waals surface area contributed by atoms with E-state index in [2.05, 4.69) is 9.97 Å². The maximum absolute atomic E-state index is 11.9. The van der Waals surface area contributed by atoms with Crippen LogP contribution in [0.25, 0.3) is 11.2 Å². The first-order valence-electron chi connectivity index (χ1n) is 5.86.